The van der Waals surface area contributed by atoms with Gasteiger partial charge in [-0.25, -0.2) is 0 Å². The second-order valence-electron chi connectivity index (χ2n) is 6.92. The standard InChI is InChI=1S/C22H27NO3/c1-14-5-7-18(11-16(14)3)21(25)10-9-20(24)13-23-22(26)19-8-6-15(2)17(4)12-19/h5-8,11-12,20,24H,9-10,13H2,1-4H3,(H,23,26). The van der Waals surface area contributed by atoms with E-state index in [-0.39, 0.29) is 24.7 Å². The summed E-state index contributed by atoms with van der Waals surface area (Å²) < 4.78 is 0. The summed E-state index contributed by atoms with van der Waals surface area (Å²) in [5.74, 6) is -0.208. The summed E-state index contributed by atoms with van der Waals surface area (Å²) in [5.41, 5.74) is 5.65. The van der Waals surface area contributed by atoms with Crippen molar-refractivity contribution in [1.82, 2.24) is 5.32 Å². The van der Waals surface area contributed by atoms with Crippen LogP contribution in [0.5, 0.6) is 0 Å². The van der Waals surface area contributed by atoms with Crippen LogP contribution in [0.1, 0.15) is 55.8 Å². The van der Waals surface area contributed by atoms with Crippen LogP contribution in [0.4, 0.5) is 0 Å². The van der Waals surface area contributed by atoms with Crippen molar-refractivity contribution in [2.24, 2.45) is 0 Å². The molecule has 2 rings (SSSR count). The smallest absolute Gasteiger partial charge is 0.251 e. The lowest BCUT2D eigenvalue weighted by Crippen LogP contribution is -2.32. The van der Waals surface area contributed by atoms with Crippen LogP contribution in [0.3, 0.4) is 0 Å². The van der Waals surface area contributed by atoms with Crippen molar-refractivity contribution in [2.45, 2.75) is 46.6 Å². The van der Waals surface area contributed by atoms with Gasteiger partial charge in [0.05, 0.1) is 6.10 Å². The van der Waals surface area contributed by atoms with Crippen LogP contribution < -0.4 is 5.32 Å². The van der Waals surface area contributed by atoms with Crippen molar-refractivity contribution in [3.05, 3.63) is 69.8 Å². The van der Waals surface area contributed by atoms with Crippen LogP contribution in [0.15, 0.2) is 36.4 Å². The molecule has 0 saturated heterocycles. The van der Waals surface area contributed by atoms with Crippen LogP contribution in [0.2, 0.25) is 0 Å². The predicted octanol–water partition coefficient (Wildman–Crippen LogP) is 3.67. The molecule has 4 heteroatoms. The Balaban J connectivity index is 1.81. The highest BCUT2D eigenvalue weighted by molar-refractivity contribution is 5.96. The first-order valence-corrected chi connectivity index (χ1v) is 8.92. The molecule has 0 radical (unpaired) electrons. The fourth-order valence-corrected chi connectivity index (χ4v) is 2.65. The molecule has 1 amide bonds. The topological polar surface area (TPSA) is 66.4 Å². The van der Waals surface area contributed by atoms with Gasteiger partial charge in [0.25, 0.3) is 5.91 Å². The first-order chi connectivity index (χ1) is 12.3. The third-order valence-electron chi connectivity index (χ3n) is 4.80. The van der Waals surface area contributed by atoms with Gasteiger partial charge in [0.1, 0.15) is 0 Å². The summed E-state index contributed by atoms with van der Waals surface area (Å²) in [5, 5.41) is 12.8. The maximum atomic E-state index is 12.2. The summed E-state index contributed by atoms with van der Waals surface area (Å²) >= 11 is 0. The highest BCUT2D eigenvalue weighted by Gasteiger charge is 2.13. The number of ketones is 1. The maximum Gasteiger partial charge on any atom is 0.251 e. The van der Waals surface area contributed by atoms with Gasteiger partial charge < -0.3 is 10.4 Å². The molecule has 1 unspecified atom stereocenters. The number of nitrogens with one attached hydrogen (secondary N) is 1. The molecule has 2 aromatic carbocycles. The molecule has 0 aliphatic rings. The summed E-state index contributed by atoms with van der Waals surface area (Å²) in [4.78, 5) is 24.4. The molecule has 4 nitrogen and oxygen atoms in total. The van der Waals surface area contributed by atoms with E-state index in [1.54, 1.807) is 6.07 Å². The van der Waals surface area contributed by atoms with Gasteiger partial charge in [-0.2, -0.15) is 0 Å². The number of hydrogen-bond donors (Lipinski definition) is 2. The van der Waals surface area contributed by atoms with E-state index in [2.05, 4.69) is 5.32 Å². The van der Waals surface area contributed by atoms with E-state index >= 15 is 0 Å². The Kier molecular flexibility index (Phi) is 6.70. The minimum Gasteiger partial charge on any atom is -0.391 e. The summed E-state index contributed by atoms with van der Waals surface area (Å²) in [6, 6.07) is 11.1. The van der Waals surface area contributed by atoms with Crippen LogP contribution in [-0.2, 0) is 0 Å². The van der Waals surface area contributed by atoms with Crippen LogP contribution in [0.25, 0.3) is 0 Å². The number of amides is 1. The van der Waals surface area contributed by atoms with Gasteiger partial charge in [-0.05, 0) is 74.6 Å². The first kappa shape index (κ1) is 19.9. The lowest BCUT2D eigenvalue weighted by molar-refractivity contribution is 0.0889. The van der Waals surface area contributed by atoms with Gasteiger partial charge in [0.15, 0.2) is 5.78 Å². The van der Waals surface area contributed by atoms with Gasteiger partial charge in [-0.3, -0.25) is 9.59 Å². The summed E-state index contributed by atoms with van der Waals surface area (Å²) in [6.07, 6.45) is -0.178. The molecular weight excluding hydrogens is 326 g/mol. The van der Waals surface area contributed by atoms with Gasteiger partial charge in [-0.15, -0.1) is 0 Å². The van der Waals surface area contributed by atoms with E-state index in [4.69, 9.17) is 0 Å². The average Bonchev–Trinajstić information content (AvgIpc) is 2.62. The van der Waals surface area contributed by atoms with Crippen molar-refractivity contribution in [2.75, 3.05) is 6.54 Å². The van der Waals surface area contributed by atoms with Crippen molar-refractivity contribution in [3.8, 4) is 0 Å². The largest absolute Gasteiger partial charge is 0.391 e. The van der Waals surface area contributed by atoms with Crippen LogP contribution >= 0.6 is 0 Å². The molecule has 0 aliphatic carbocycles. The van der Waals surface area contributed by atoms with Crippen molar-refractivity contribution in [1.29, 1.82) is 0 Å². The number of rotatable bonds is 7. The zero-order valence-electron chi connectivity index (χ0n) is 15.9. The maximum absolute atomic E-state index is 12.2. The second kappa shape index (κ2) is 8.77. The van der Waals surface area contributed by atoms with E-state index in [1.807, 2.05) is 58.0 Å². The van der Waals surface area contributed by atoms with Crippen LogP contribution in [0, 0.1) is 27.7 Å². The lowest BCUT2D eigenvalue weighted by atomic mass is 10.00. The molecule has 0 aliphatic heterocycles. The number of Topliss-reactive ketones (excluding diaryl/α,β-unsaturated/α-hetero) is 1. The second-order valence-corrected chi connectivity index (χ2v) is 6.92. The minimum atomic E-state index is -0.749. The van der Waals surface area contributed by atoms with E-state index in [0.29, 0.717) is 17.5 Å². The van der Waals surface area contributed by atoms with E-state index < -0.39 is 6.10 Å². The molecule has 0 aromatic heterocycles. The molecule has 138 valence electrons. The number of carbonyl (C=O) groups is 2. The highest BCUT2D eigenvalue weighted by atomic mass is 16.3. The number of carbonyl (C=O) groups excluding carboxylic acids is 2. The normalized spacial score (nSPS) is 11.9. The Bertz CT molecular complexity index is 744. The van der Waals surface area contributed by atoms with E-state index in [1.165, 1.54) is 0 Å². The van der Waals surface area contributed by atoms with E-state index in [0.717, 1.165) is 22.3 Å². The minimum absolute atomic E-state index is 0.00707. The molecule has 0 fully saturated rings. The Morgan fingerprint density at radius 1 is 0.885 bits per heavy atom. The van der Waals surface area contributed by atoms with Crippen LogP contribution in [-0.4, -0.2) is 29.4 Å². The predicted molar refractivity (Wildman–Crippen MR) is 104 cm³/mol. The first-order valence-electron chi connectivity index (χ1n) is 8.92. The number of hydrogen-bond acceptors (Lipinski definition) is 3. The lowest BCUT2D eigenvalue weighted by Gasteiger charge is -2.12. The molecule has 26 heavy (non-hydrogen) atoms. The summed E-state index contributed by atoms with van der Waals surface area (Å²) in [7, 11) is 0. The van der Waals surface area contributed by atoms with Gasteiger partial charge in [-0.1, -0.05) is 18.2 Å². The van der Waals surface area contributed by atoms with Gasteiger partial charge in [0, 0.05) is 24.1 Å². The fraction of sp³-hybridized carbons (Fsp3) is 0.364. The molecule has 2 aromatic rings. The summed E-state index contributed by atoms with van der Waals surface area (Å²) in [6.45, 7) is 8.06. The Morgan fingerprint density at radius 3 is 2.00 bits per heavy atom. The Hall–Kier alpha value is -2.46. The third kappa shape index (κ3) is 5.27. The average molecular weight is 353 g/mol. The van der Waals surface area contributed by atoms with Gasteiger partial charge >= 0.3 is 0 Å². The molecule has 0 spiro atoms. The molecule has 1 atom stereocenters. The third-order valence-corrected chi connectivity index (χ3v) is 4.80. The van der Waals surface area contributed by atoms with Gasteiger partial charge in [0.2, 0.25) is 0 Å². The molecule has 0 heterocycles. The Morgan fingerprint density at radius 2 is 1.42 bits per heavy atom. The van der Waals surface area contributed by atoms with Crippen molar-refractivity contribution >= 4 is 11.7 Å². The Labute approximate surface area is 155 Å². The number of aliphatic hydroxyl groups is 1. The van der Waals surface area contributed by atoms with Crippen molar-refractivity contribution < 1.29 is 14.7 Å². The highest BCUT2D eigenvalue weighted by Crippen LogP contribution is 2.13. The molecule has 0 bridgehead atoms. The number of benzene rings is 2. The van der Waals surface area contributed by atoms with Crippen molar-refractivity contribution in [3.63, 3.8) is 0 Å². The number of aliphatic hydroxyl groups excluding tert-OH is 1. The molecule has 0 saturated carbocycles. The quantitative estimate of drug-likeness (QED) is 0.746. The zero-order valence-corrected chi connectivity index (χ0v) is 15.9. The monoisotopic (exact) mass is 353 g/mol. The zero-order chi connectivity index (χ0) is 19.3. The number of aryl methyl sites for hydroxylation is 4. The fourth-order valence-electron chi connectivity index (χ4n) is 2.65. The van der Waals surface area contributed by atoms with E-state index in [9.17, 15) is 14.7 Å². The molecule has 2 N–H and O–H groups in total. The SMILES string of the molecule is Cc1ccc(C(=O)CCC(O)CNC(=O)c2ccc(C)c(C)c2)cc1C. The molecular formula is C22H27NO3.